The number of hydrogen-bond donors (Lipinski definition) is 1. The highest BCUT2D eigenvalue weighted by Crippen LogP contribution is 2.13. The molecule has 1 heterocycles. The predicted octanol–water partition coefficient (Wildman–Crippen LogP) is 1.94. The Kier molecular flexibility index (Phi) is 2.69. The first-order valence-electron chi connectivity index (χ1n) is 4.25. The zero-order chi connectivity index (χ0) is 8.27. The molecular weight excluding hydrogens is 136 g/mol. The van der Waals surface area contributed by atoms with Gasteiger partial charge in [-0.3, -0.25) is 0 Å². The smallest absolute Gasteiger partial charge is 0.0657 e. The molecule has 1 aliphatic heterocycles. The molecule has 0 aromatic heterocycles. The van der Waals surface area contributed by atoms with E-state index >= 15 is 0 Å². The van der Waals surface area contributed by atoms with Crippen molar-refractivity contribution in [2.45, 2.75) is 27.2 Å². The highest BCUT2D eigenvalue weighted by Gasteiger charge is 2.11. The molecule has 0 saturated carbocycles. The molecule has 0 bridgehead atoms. The van der Waals surface area contributed by atoms with Crippen LogP contribution in [0.25, 0.3) is 0 Å². The average Bonchev–Trinajstić information content (AvgIpc) is 2.04. The fraction of sp³-hybridized carbons (Fsp3) is 0.667. The summed E-state index contributed by atoms with van der Waals surface area (Å²) in [6.07, 6.45) is 3.32. The number of nitrogens with one attached hydrogen (secondary N) is 1. The molecule has 62 valence electrons. The van der Waals surface area contributed by atoms with E-state index in [9.17, 15) is 0 Å². The zero-order valence-corrected chi connectivity index (χ0v) is 7.52. The molecule has 0 atom stereocenters. The molecule has 0 radical (unpaired) electrons. The maximum atomic E-state index is 4.28. The van der Waals surface area contributed by atoms with Crippen LogP contribution in [-0.4, -0.2) is 12.3 Å². The molecule has 1 N–H and O–H groups in total. The van der Waals surface area contributed by atoms with Crippen LogP contribution >= 0.6 is 0 Å². The Morgan fingerprint density at radius 3 is 2.82 bits per heavy atom. The summed E-state index contributed by atoms with van der Waals surface area (Å²) in [5.74, 6) is 0.536. The second-order valence-corrected chi connectivity index (χ2v) is 3.10. The average molecular weight is 152 g/mol. The molecule has 1 rings (SSSR count). The molecular formula is C9H16N2. The minimum absolute atomic E-state index is 0.536. The molecule has 2 nitrogen and oxygen atoms in total. The molecule has 0 saturated heterocycles. The van der Waals surface area contributed by atoms with E-state index in [2.05, 4.69) is 37.4 Å². The largest absolute Gasteiger partial charge is 0.306 e. The summed E-state index contributed by atoms with van der Waals surface area (Å²) >= 11 is 0. The van der Waals surface area contributed by atoms with Crippen molar-refractivity contribution < 1.29 is 0 Å². The predicted molar refractivity (Wildman–Crippen MR) is 48.6 cm³/mol. The number of nitrogens with zero attached hydrogens (tertiary/aromatic N) is 1. The number of hydrogen-bond acceptors (Lipinski definition) is 2. The highest BCUT2D eigenvalue weighted by atomic mass is 15.3. The summed E-state index contributed by atoms with van der Waals surface area (Å²) in [6.45, 7) is 7.42. The third-order valence-electron chi connectivity index (χ3n) is 1.90. The lowest BCUT2D eigenvalue weighted by Crippen LogP contribution is -2.22. The minimum atomic E-state index is 0.536. The lowest BCUT2D eigenvalue weighted by Gasteiger charge is -2.17. The van der Waals surface area contributed by atoms with E-state index in [0.717, 1.165) is 13.0 Å². The molecule has 2 heteroatoms. The van der Waals surface area contributed by atoms with Crippen LogP contribution in [0, 0.1) is 5.92 Å². The Balaban J connectivity index is 2.75. The topological polar surface area (TPSA) is 24.4 Å². The summed E-state index contributed by atoms with van der Waals surface area (Å²) in [5.41, 5.74) is 5.61. The van der Waals surface area contributed by atoms with Crippen LogP contribution in [0.3, 0.4) is 0 Å². The summed E-state index contributed by atoms with van der Waals surface area (Å²) < 4.78 is 0. The van der Waals surface area contributed by atoms with Gasteiger partial charge in [0.25, 0.3) is 0 Å². The molecule has 0 aromatic rings. The fourth-order valence-electron chi connectivity index (χ4n) is 1.30. The van der Waals surface area contributed by atoms with Crippen LogP contribution in [0.15, 0.2) is 16.8 Å². The van der Waals surface area contributed by atoms with Crippen molar-refractivity contribution in [3.63, 3.8) is 0 Å². The van der Waals surface area contributed by atoms with Crippen LogP contribution < -0.4 is 5.43 Å². The summed E-state index contributed by atoms with van der Waals surface area (Å²) in [5, 5.41) is 4.28. The Morgan fingerprint density at radius 2 is 2.36 bits per heavy atom. The molecule has 0 spiro atoms. The van der Waals surface area contributed by atoms with Crippen molar-refractivity contribution in [1.29, 1.82) is 0 Å². The lowest BCUT2D eigenvalue weighted by molar-refractivity contribution is 0.761. The number of hydrazone groups is 1. The van der Waals surface area contributed by atoms with Gasteiger partial charge in [0, 0.05) is 0 Å². The Morgan fingerprint density at radius 1 is 1.64 bits per heavy atom. The first-order chi connectivity index (χ1) is 5.25. The highest BCUT2D eigenvalue weighted by molar-refractivity contribution is 6.01. The van der Waals surface area contributed by atoms with E-state index in [1.165, 1.54) is 11.3 Å². The first kappa shape index (κ1) is 8.31. The fourth-order valence-corrected chi connectivity index (χ4v) is 1.30. The van der Waals surface area contributed by atoms with Gasteiger partial charge < -0.3 is 5.43 Å². The first-order valence-corrected chi connectivity index (χ1v) is 4.25. The van der Waals surface area contributed by atoms with Gasteiger partial charge in [0.05, 0.1) is 12.3 Å². The number of rotatable bonds is 2. The van der Waals surface area contributed by atoms with Crippen molar-refractivity contribution in [1.82, 2.24) is 5.43 Å². The molecule has 11 heavy (non-hydrogen) atoms. The van der Waals surface area contributed by atoms with Crippen molar-refractivity contribution in [3.05, 3.63) is 11.6 Å². The molecule has 0 unspecified atom stereocenters. The molecule has 0 amide bonds. The van der Waals surface area contributed by atoms with Crippen LogP contribution in [0.1, 0.15) is 27.2 Å². The molecule has 0 aromatic carbocycles. The Hall–Kier alpha value is -0.790. The van der Waals surface area contributed by atoms with Gasteiger partial charge in [0.2, 0.25) is 0 Å². The van der Waals surface area contributed by atoms with Gasteiger partial charge in [-0.2, -0.15) is 5.10 Å². The van der Waals surface area contributed by atoms with Crippen molar-refractivity contribution >= 4 is 5.71 Å². The van der Waals surface area contributed by atoms with Crippen LogP contribution in [0.5, 0.6) is 0 Å². The van der Waals surface area contributed by atoms with Crippen LogP contribution in [-0.2, 0) is 0 Å². The van der Waals surface area contributed by atoms with E-state index in [1.54, 1.807) is 0 Å². The SMILES string of the molecule is CCC1=CCNN=C1C(C)C. The van der Waals surface area contributed by atoms with Gasteiger partial charge >= 0.3 is 0 Å². The summed E-state index contributed by atoms with van der Waals surface area (Å²) in [7, 11) is 0. The Labute approximate surface area is 68.4 Å². The lowest BCUT2D eigenvalue weighted by atomic mass is 9.97. The zero-order valence-electron chi connectivity index (χ0n) is 7.52. The van der Waals surface area contributed by atoms with Crippen molar-refractivity contribution in [2.24, 2.45) is 11.0 Å². The molecule has 0 aliphatic carbocycles. The minimum Gasteiger partial charge on any atom is -0.306 e. The standard InChI is InChI=1S/C9H16N2/c1-4-8-5-6-10-11-9(8)7(2)3/h5,7,10H,4,6H2,1-3H3. The van der Waals surface area contributed by atoms with E-state index in [1.807, 2.05) is 0 Å². The second kappa shape index (κ2) is 3.56. The van der Waals surface area contributed by atoms with Gasteiger partial charge in [-0.1, -0.05) is 26.8 Å². The summed E-state index contributed by atoms with van der Waals surface area (Å²) in [6, 6.07) is 0. The third kappa shape index (κ3) is 1.82. The maximum absolute atomic E-state index is 4.28. The monoisotopic (exact) mass is 152 g/mol. The molecule has 1 aliphatic rings. The normalized spacial score (nSPS) is 17.5. The second-order valence-electron chi connectivity index (χ2n) is 3.10. The maximum Gasteiger partial charge on any atom is 0.0657 e. The quantitative estimate of drug-likeness (QED) is 0.642. The van der Waals surface area contributed by atoms with E-state index < -0.39 is 0 Å². The van der Waals surface area contributed by atoms with Gasteiger partial charge in [-0.25, -0.2) is 0 Å². The van der Waals surface area contributed by atoms with E-state index in [-0.39, 0.29) is 0 Å². The van der Waals surface area contributed by atoms with E-state index in [0.29, 0.717) is 5.92 Å². The van der Waals surface area contributed by atoms with Crippen molar-refractivity contribution in [2.75, 3.05) is 6.54 Å². The van der Waals surface area contributed by atoms with Crippen LogP contribution in [0.4, 0.5) is 0 Å². The Bertz CT molecular complexity index is 190. The van der Waals surface area contributed by atoms with E-state index in [4.69, 9.17) is 0 Å². The van der Waals surface area contributed by atoms with Gasteiger partial charge in [0.15, 0.2) is 0 Å². The third-order valence-corrected chi connectivity index (χ3v) is 1.90. The summed E-state index contributed by atoms with van der Waals surface area (Å²) in [4.78, 5) is 0. The molecule has 0 fully saturated rings. The van der Waals surface area contributed by atoms with Gasteiger partial charge in [-0.15, -0.1) is 0 Å². The van der Waals surface area contributed by atoms with Gasteiger partial charge in [-0.05, 0) is 17.9 Å². The van der Waals surface area contributed by atoms with Crippen molar-refractivity contribution in [3.8, 4) is 0 Å². The number of allylic oxidation sites excluding steroid dienone is 1. The van der Waals surface area contributed by atoms with Gasteiger partial charge in [0.1, 0.15) is 0 Å². The van der Waals surface area contributed by atoms with Crippen LogP contribution in [0.2, 0.25) is 0 Å².